The average Bonchev–Trinajstić information content (AvgIpc) is 3.01. The summed E-state index contributed by atoms with van der Waals surface area (Å²) >= 11 is 0. The monoisotopic (exact) mass is 603 g/mol. The molecule has 0 saturated heterocycles. The smallest absolute Gasteiger partial charge is 0.123 e. The number of rotatable bonds is 10. The van der Waals surface area contributed by atoms with Gasteiger partial charge in [0, 0.05) is 0 Å². The molecule has 0 saturated carbocycles. The molecule has 0 aromatic heterocycles. The molecule has 43 heavy (non-hydrogen) atoms. The van der Waals surface area contributed by atoms with Crippen molar-refractivity contribution in [1.82, 2.24) is 0 Å². The summed E-state index contributed by atoms with van der Waals surface area (Å²) < 4.78 is 6.22. The molecule has 1 rings (SSSR count). The van der Waals surface area contributed by atoms with Crippen molar-refractivity contribution in [3.63, 3.8) is 0 Å². The second-order valence-electron chi connectivity index (χ2n) is 11.0. The number of allylic oxidation sites excluding steroid dienone is 3. The average molecular weight is 603 g/mol. The van der Waals surface area contributed by atoms with Gasteiger partial charge in [-0.2, -0.15) is 0 Å². The normalized spacial score (nSPS) is 8.91. The SMILES string of the molecule is C#C.C=CC.C=CCC.C=CCC.CC.CC.CC.CCCCCc1cc(C(C)(C)C)c(OCCCC)cc1C(C)(C)C. The van der Waals surface area contributed by atoms with Gasteiger partial charge in [0.2, 0.25) is 0 Å². The number of aryl methyl sites for hydroxylation is 1. The van der Waals surface area contributed by atoms with Crippen molar-refractivity contribution in [3.05, 3.63) is 66.8 Å². The Kier molecular flexibility index (Phi) is 58.2. The molecule has 0 spiro atoms. The Hall–Kier alpha value is -2.20. The number of terminal acetylenes is 1. The minimum Gasteiger partial charge on any atom is -0.493 e. The molecule has 0 aliphatic rings. The molecule has 1 heteroatoms. The standard InChI is InChI=1S/C23H40O.2C4H8.C3H6.3C2H6.C2H2/c1-9-11-13-14-18-16-20(23(6,7)8)21(24-15-12-10-2)17-19(18)22(3,4)5;2*1-3-4-2;1-3-2;4*1-2/h16-17H,9-15H2,1-8H3;2*3H,1,4H2,2H3;3H,1H2,2H3;3*1-2H3;1-2H. The number of unbranched alkanes of at least 4 members (excludes halogenated alkanes) is 3. The third-order valence-corrected chi connectivity index (χ3v) is 5.20. The van der Waals surface area contributed by atoms with E-state index in [4.69, 9.17) is 4.74 Å². The minimum absolute atomic E-state index is 0.109. The summed E-state index contributed by atoms with van der Waals surface area (Å²) in [4.78, 5) is 0. The summed E-state index contributed by atoms with van der Waals surface area (Å²) in [5.74, 6) is 1.10. The number of ether oxygens (including phenoxy) is 1. The van der Waals surface area contributed by atoms with Crippen molar-refractivity contribution in [2.75, 3.05) is 6.61 Å². The van der Waals surface area contributed by atoms with Crippen LogP contribution in [-0.2, 0) is 17.3 Å². The molecule has 0 atom stereocenters. The van der Waals surface area contributed by atoms with Crippen LogP contribution in [0.25, 0.3) is 0 Å². The quantitative estimate of drug-likeness (QED) is 0.147. The van der Waals surface area contributed by atoms with Crippen LogP contribution >= 0.6 is 0 Å². The summed E-state index contributed by atoms with van der Waals surface area (Å²) in [7, 11) is 0. The van der Waals surface area contributed by atoms with Crippen molar-refractivity contribution in [2.45, 2.75) is 180 Å². The van der Waals surface area contributed by atoms with Gasteiger partial charge >= 0.3 is 0 Å². The van der Waals surface area contributed by atoms with Gasteiger partial charge in [0.1, 0.15) is 5.75 Å². The lowest BCUT2D eigenvalue weighted by Gasteiger charge is -2.29. The van der Waals surface area contributed by atoms with Crippen molar-refractivity contribution in [2.24, 2.45) is 0 Å². The summed E-state index contributed by atoms with van der Waals surface area (Å²) in [5.41, 5.74) is 4.60. The van der Waals surface area contributed by atoms with E-state index in [1.165, 1.54) is 48.8 Å². The summed E-state index contributed by atoms with van der Waals surface area (Å²) in [5, 5.41) is 0. The first kappa shape index (κ1) is 56.6. The van der Waals surface area contributed by atoms with Crippen LogP contribution in [0.15, 0.2) is 50.1 Å². The lowest BCUT2D eigenvalue weighted by atomic mass is 9.77. The molecule has 0 aliphatic carbocycles. The number of hydrogen-bond donors (Lipinski definition) is 0. The fourth-order valence-corrected chi connectivity index (χ4v) is 3.13. The molecule has 0 amide bonds. The molecule has 1 nitrogen and oxygen atoms in total. The zero-order valence-corrected chi connectivity index (χ0v) is 32.9. The van der Waals surface area contributed by atoms with Gasteiger partial charge in [-0.15, -0.1) is 32.6 Å². The predicted octanol–water partition coefficient (Wildman–Crippen LogP) is 14.9. The van der Waals surface area contributed by atoms with E-state index in [0.29, 0.717) is 0 Å². The van der Waals surface area contributed by atoms with Gasteiger partial charge in [-0.25, -0.2) is 0 Å². The van der Waals surface area contributed by atoms with E-state index in [-0.39, 0.29) is 10.8 Å². The largest absolute Gasteiger partial charge is 0.493 e. The summed E-state index contributed by atoms with van der Waals surface area (Å²) in [6, 6.07) is 4.79. The van der Waals surface area contributed by atoms with Crippen molar-refractivity contribution in [1.29, 1.82) is 0 Å². The van der Waals surface area contributed by atoms with E-state index in [1.807, 2.05) is 60.6 Å². The lowest BCUT2D eigenvalue weighted by molar-refractivity contribution is 0.300. The van der Waals surface area contributed by atoms with E-state index in [9.17, 15) is 0 Å². The van der Waals surface area contributed by atoms with Crippen LogP contribution in [0.2, 0.25) is 0 Å². The third-order valence-electron chi connectivity index (χ3n) is 5.20. The Bertz CT molecular complexity index is 636. The first-order valence-electron chi connectivity index (χ1n) is 17.3. The number of hydrogen-bond acceptors (Lipinski definition) is 1. The molecule has 256 valence electrons. The van der Waals surface area contributed by atoms with Crippen LogP contribution in [0.5, 0.6) is 5.75 Å². The second kappa shape index (κ2) is 44.2. The maximum atomic E-state index is 6.22. The van der Waals surface area contributed by atoms with Crippen LogP contribution < -0.4 is 4.74 Å². The van der Waals surface area contributed by atoms with E-state index in [0.717, 1.165) is 31.6 Å². The molecule has 0 unspecified atom stereocenters. The predicted molar refractivity (Wildman–Crippen MR) is 208 cm³/mol. The van der Waals surface area contributed by atoms with Crippen LogP contribution in [0.4, 0.5) is 0 Å². The van der Waals surface area contributed by atoms with E-state index in [2.05, 4.69) is 114 Å². The lowest BCUT2D eigenvalue weighted by Crippen LogP contribution is -2.19. The molecule has 0 aliphatic heterocycles. The maximum absolute atomic E-state index is 6.22. The fourth-order valence-electron chi connectivity index (χ4n) is 3.13. The molecular weight excluding hydrogens is 520 g/mol. The first-order chi connectivity index (χ1) is 20.4. The first-order valence-corrected chi connectivity index (χ1v) is 17.3. The van der Waals surface area contributed by atoms with Gasteiger partial charge in [-0.05, 0) is 72.6 Å². The van der Waals surface area contributed by atoms with E-state index in [1.54, 1.807) is 6.08 Å². The van der Waals surface area contributed by atoms with Crippen LogP contribution in [0.1, 0.15) is 179 Å². The Morgan fingerprint density at radius 3 is 1.28 bits per heavy atom. The topological polar surface area (TPSA) is 9.23 Å². The fraction of sp³-hybridized carbons (Fsp3) is 0.667. The molecule has 0 bridgehead atoms. The maximum Gasteiger partial charge on any atom is 0.123 e. The summed E-state index contributed by atoms with van der Waals surface area (Å²) in [6.07, 6.45) is 23.0. The van der Waals surface area contributed by atoms with Gasteiger partial charge in [-0.3, -0.25) is 0 Å². The van der Waals surface area contributed by atoms with Crippen molar-refractivity contribution >= 4 is 0 Å². The Morgan fingerprint density at radius 1 is 0.651 bits per heavy atom. The van der Waals surface area contributed by atoms with Crippen LogP contribution in [0, 0.1) is 12.8 Å². The Morgan fingerprint density at radius 2 is 1.00 bits per heavy atom. The van der Waals surface area contributed by atoms with Gasteiger partial charge in [0.05, 0.1) is 6.61 Å². The molecule has 1 aromatic carbocycles. The molecule has 0 fully saturated rings. The van der Waals surface area contributed by atoms with Crippen molar-refractivity contribution in [3.8, 4) is 18.6 Å². The van der Waals surface area contributed by atoms with Gasteiger partial charge in [0.15, 0.2) is 0 Å². The highest BCUT2D eigenvalue weighted by atomic mass is 16.5. The highest BCUT2D eigenvalue weighted by Gasteiger charge is 2.25. The highest BCUT2D eigenvalue weighted by Crippen LogP contribution is 2.38. The molecule has 1 aromatic rings. The van der Waals surface area contributed by atoms with E-state index >= 15 is 0 Å². The second-order valence-corrected chi connectivity index (χ2v) is 11.0. The highest BCUT2D eigenvalue weighted by molar-refractivity contribution is 5.48. The van der Waals surface area contributed by atoms with Crippen molar-refractivity contribution < 1.29 is 4.74 Å². The zero-order valence-electron chi connectivity index (χ0n) is 32.9. The Labute approximate surface area is 276 Å². The van der Waals surface area contributed by atoms with Crippen LogP contribution in [0.3, 0.4) is 0 Å². The number of benzene rings is 1. The van der Waals surface area contributed by atoms with Gasteiger partial charge in [0.25, 0.3) is 0 Å². The van der Waals surface area contributed by atoms with Gasteiger partial charge < -0.3 is 4.74 Å². The summed E-state index contributed by atoms with van der Waals surface area (Å²) in [6.45, 7) is 47.5. The van der Waals surface area contributed by atoms with Gasteiger partial charge in [-0.1, -0.05) is 154 Å². The third kappa shape index (κ3) is 39.8. The zero-order chi connectivity index (χ0) is 35.9. The molecule has 0 N–H and O–H groups in total. The molecule has 0 heterocycles. The Balaban J connectivity index is -0.000000113. The molecule has 0 radical (unpaired) electrons. The van der Waals surface area contributed by atoms with Crippen LogP contribution in [-0.4, -0.2) is 6.61 Å². The molecular formula is C42H82O. The minimum atomic E-state index is 0.109. The van der Waals surface area contributed by atoms with E-state index < -0.39 is 0 Å².